The van der Waals surface area contributed by atoms with Gasteiger partial charge in [-0.05, 0) is 50.0 Å². The number of anilines is 2. The average Bonchev–Trinajstić information content (AvgIpc) is 2.41. The van der Waals surface area contributed by atoms with Crippen LogP contribution in [0.15, 0.2) is 23.1 Å². The first-order valence-electron chi connectivity index (χ1n) is 7.25. The molecule has 5 N–H and O–H groups in total. The van der Waals surface area contributed by atoms with Crippen LogP contribution in [-0.2, 0) is 10.0 Å². The van der Waals surface area contributed by atoms with Gasteiger partial charge in [-0.2, -0.15) is 0 Å². The summed E-state index contributed by atoms with van der Waals surface area (Å²) in [6.45, 7) is 6.32. The van der Waals surface area contributed by atoms with Crippen LogP contribution in [0.5, 0.6) is 0 Å². The zero-order valence-corrected chi connectivity index (χ0v) is 13.2. The summed E-state index contributed by atoms with van der Waals surface area (Å²) < 4.78 is 22.5. The second kappa shape index (κ2) is 6.64. The first kappa shape index (κ1) is 16.1. The standard InChI is InChI=1S/C14H24N4O2S/c1-11-4-7-18(8-5-11)9-6-17-14-3-2-12(10-13(14)15)21(16,19)20/h2-3,10-11,17H,4-9,15H2,1H3,(H2,16,19,20). The van der Waals surface area contributed by atoms with E-state index in [9.17, 15) is 8.42 Å². The minimum Gasteiger partial charge on any atom is -0.397 e. The van der Waals surface area contributed by atoms with Crippen LogP contribution in [0.2, 0.25) is 0 Å². The maximum atomic E-state index is 11.2. The van der Waals surface area contributed by atoms with Crippen LogP contribution in [0.4, 0.5) is 11.4 Å². The lowest BCUT2D eigenvalue weighted by atomic mass is 9.99. The molecule has 1 aliphatic heterocycles. The quantitative estimate of drug-likeness (QED) is 0.706. The highest BCUT2D eigenvalue weighted by molar-refractivity contribution is 7.89. The molecule has 0 atom stereocenters. The number of likely N-dealkylation sites (tertiary alicyclic amines) is 1. The number of sulfonamides is 1. The van der Waals surface area contributed by atoms with Gasteiger partial charge in [-0.3, -0.25) is 0 Å². The smallest absolute Gasteiger partial charge is 0.238 e. The summed E-state index contributed by atoms with van der Waals surface area (Å²) in [5.74, 6) is 0.829. The van der Waals surface area contributed by atoms with Crippen molar-refractivity contribution in [3.05, 3.63) is 18.2 Å². The molecule has 0 aliphatic carbocycles. The molecule has 7 heteroatoms. The van der Waals surface area contributed by atoms with Crippen LogP contribution in [0.25, 0.3) is 0 Å². The van der Waals surface area contributed by atoms with Crippen molar-refractivity contribution in [1.29, 1.82) is 0 Å². The van der Waals surface area contributed by atoms with Gasteiger partial charge in [0.25, 0.3) is 0 Å². The van der Waals surface area contributed by atoms with Crippen molar-refractivity contribution < 1.29 is 8.42 Å². The molecular formula is C14H24N4O2S. The van der Waals surface area contributed by atoms with E-state index in [1.54, 1.807) is 6.07 Å². The van der Waals surface area contributed by atoms with E-state index in [-0.39, 0.29) is 4.90 Å². The third kappa shape index (κ3) is 4.59. The second-order valence-corrected chi connectivity index (χ2v) is 7.31. The number of nitrogens with one attached hydrogen (secondary N) is 1. The van der Waals surface area contributed by atoms with Gasteiger partial charge < -0.3 is 16.0 Å². The maximum absolute atomic E-state index is 11.2. The van der Waals surface area contributed by atoms with Crippen molar-refractivity contribution in [2.24, 2.45) is 11.1 Å². The van der Waals surface area contributed by atoms with Gasteiger partial charge in [0.15, 0.2) is 0 Å². The predicted octanol–water partition coefficient (Wildman–Crippen LogP) is 1.06. The van der Waals surface area contributed by atoms with E-state index < -0.39 is 10.0 Å². The van der Waals surface area contributed by atoms with Gasteiger partial charge in [0, 0.05) is 13.1 Å². The van der Waals surface area contributed by atoms with Crippen LogP contribution >= 0.6 is 0 Å². The average molecular weight is 312 g/mol. The lowest BCUT2D eigenvalue weighted by molar-refractivity contribution is 0.199. The second-order valence-electron chi connectivity index (χ2n) is 5.75. The molecule has 1 saturated heterocycles. The molecule has 118 valence electrons. The van der Waals surface area contributed by atoms with Crippen LogP contribution in [0.1, 0.15) is 19.8 Å². The summed E-state index contributed by atoms with van der Waals surface area (Å²) in [5.41, 5.74) is 7.00. The first-order valence-corrected chi connectivity index (χ1v) is 8.79. The Morgan fingerprint density at radius 2 is 2.00 bits per heavy atom. The Morgan fingerprint density at radius 3 is 2.57 bits per heavy atom. The third-order valence-electron chi connectivity index (χ3n) is 3.97. The molecule has 0 radical (unpaired) electrons. The molecule has 1 fully saturated rings. The molecule has 0 spiro atoms. The molecule has 1 aliphatic rings. The Bertz CT molecular complexity index is 581. The summed E-state index contributed by atoms with van der Waals surface area (Å²) in [6.07, 6.45) is 2.51. The van der Waals surface area contributed by atoms with E-state index in [2.05, 4.69) is 17.1 Å². The lowest BCUT2D eigenvalue weighted by Crippen LogP contribution is -2.36. The monoisotopic (exact) mass is 312 g/mol. The number of benzene rings is 1. The van der Waals surface area contributed by atoms with Crippen LogP contribution < -0.4 is 16.2 Å². The predicted molar refractivity (Wildman–Crippen MR) is 85.6 cm³/mol. The van der Waals surface area contributed by atoms with Crippen LogP contribution in [-0.4, -0.2) is 39.5 Å². The van der Waals surface area contributed by atoms with Crippen molar-refractivity contribution in [3.63, 3.8) is 0 Å². The molecule has 0 amide bonds. The van der Waals surface area contributed by atoms with Gasteiger partial charge in [0.05, 0.1) is 16.3 Å². The first-order chi connectivity index (χ1) is 9.86. The Hall–Kier alpha value is -1.31. The number of piperidine rings is 1. The molecule has 1 aromatic carbocycles. The molecule has 0 saturated carbocycles. The highest BCUT2D eigenvalue weighted by Gasteiger charge is 2.15. The fourth-order valence-electron chi connectivity index (χ4n) is 2.51. The maximum Gasteiger partial charge on any atom is 0.238 e. The number of rotatable bonds is 5. The summed E-state index contributed by atoms with van der Waals surface area (Å²) >= 11 is 0. The van der Waals surface area contributed by atoms with Crippen molar-refractivity contribution >= 4 is 21.4 Å². The molecule has 1 heterocycles. The SMILES string of the molecule is CC1CCN(CCNc2ccc(S(N)(=O)=O)cc2N)CC1. The molecular weight excluding hydrogens is 288 g/mol. The summed E-state index contributed by atoms with van der Waals surface area (Å²) in [6, 6.07) is 4.52. The number of nitrogen functional groups attached to an aromatic ring is 1. The van der Waals surface area contributed by atoms with Gasteiger partial charge in [0.1, 0.15) is 0 Å². The number of hydrogen-bond donors (Lipinski definition) is 3. The highest BCUT2D eigenvalue weighted by atomic mass is 32.2. The number of nitrogens with zero attached hydrogens (tertiary/aromatic N) is 1. The van der Waals surface area contributed by atoms with Crippen molar-refractivity contribution in [1.82, 2.24) is 4.90 Å². The summed E-state index contributed by atoms with van der Waals surface area (Å²) in [7, 11) is -3.70. The van der Waals surface area contributed by atoms with Crippen LogP contribution in [0, 0.1) is 5.92 Å². The van der Waals surface area contributed by atoms with Gasteiger partial charge in [0.2, 0.25) is 10.0 Å². The van der Waals surface area contributed by atoms with Gasteiger partial charge in [-0.25, -0.2) is 13.6 Å². The Balaban J connectivity index is 1.86. The molecule has 2 rings (SSSR count). The largest absolute Gasteiger partial charge is 0.397 e. The van der Waals surface area contributed by atoms with E-state index in [1.807, 2.05) is 0 Å². The zero-order valence-electron chi connectivity index (χ0n) is 12.4. The van der Waals surface area contributed by atoms with E-state index in [0.717, 1.165) is 37.8 Å². The molecule has 0 bridgehead atoms. The highest BCUT2D eigenvalue weighted by Crippen LogP contribution is 2.22. The molecule has 0 unspecified atom stereocenters. The third-order valence-corrected chi connectivity index (χ3v) is 4.88. The molecule has 1 aromatic rings. The van der Waals surface area contributed by atoms with E-state index in [4.69, 9.17) is 10.9 Å². The number of nitrogens with two attached hydrogens (primary N) is 2. The zero-order chi connectivity index (χ0) is 15.5. The minimum atomic E-state index is -3.70. The fraction of sp³-hybridized carbons (Fsp3) is 0.571. The lowest BCUT2D eigenvalue weighted by Gasteiger charge is -2.30. The van der Waals surface area contributed by atoms with Gasteiger partial charge in [-0.15, -0.1) is 0 Å². The van der Waals surface area contributed by atoms with E-state index in [1.165, 1.54) is 25.0 Å². The van der Waals surface area contributed by atoms with E-state index in [0.29, 0.717) is 5.69 Å². The van der Waals surface area contributed by atoms with Crippen molar-refractivity contribution in [2.75, 3.05) is 37.2 Å². The molecule has 6 nitrogen and oxygen atoms in total. The molecule has 0 aromatic heterocycles. The number of primary sulfonamides is 1. The normalized spacial score (nSPS) is 17.8. The van der Waals surface area contributed by atoms with Crippen molar-refractivity contribution in [2.45, 2.75) is 24.7 Å². The molecule has 21 heavy (non-hydrogen) atoms. The van der Waals surface area contributed by atoms with Gasteiger partial charge >= 0.3 is 0 Å². The van der Waals surface area contributed by atoms with E-state index >= 15 is 0 Å². The topological polar surface area (TPSA) is 101 Å². The summed E-state index contributed by atoms with van der Waals surface area (Å²) in [4.78, 5) is 2.47. The number of hydrogen-bond acceptors (Lipinski definition) is 5. The van der Waals surface area contributed by atoms with Crippen molar-refractivity contribution in [3.8, 4) is 0 Å². The van der Waals surface area contributed by atoms with Crippen LogP contribution in [0.3, 0.4) is 0 Å². The summed E-state index contributed by atoms with van der Waals surface area (Å²) in [5, 5.41) is 8.32. The Morgan fingerprint density at radius 1 is 1.33 bits per heavy atom. The Kier molecular flexibility index (Phi) is 5.08. The fourth-order valence-corrected chi connectivity index (χ4v) is 3.06. The van der Waals surface area contributed by atoms with Gasteiger partial charge in [-0.1, -0.05) is 6.92 Å². The minimum absolute atomic E-state index is 0.0376. The Labute approximate surface area is 126 Å².